The Labute approximate surface area is 339 Å². The van der Waals surface area contributed by atoms with E-state index in [1.165, 1.54) is 0 Å². The first-order valence-electron chi connectivity index (χ1n) is 20.4. The molecule has 1 N–H and O–H groups in total. The van der Waals surface area contributed by atoms with Gasteiger partial charge in [-0.25, -0.2) is 4.79 Å². The molecule has 0 radical (unpaired) electrons. The number of aliphatic carboxylic acids is 1. The van der Waals surface area contributed by atoms with Gasteiger partial charge in [-0.05, 0) is 51.4 Å². The summed E-state index contributed by atoms with van der Waals surface area (Å²) in [6.07, 6.45) is 53.5. The zero-order chi connectivity index (χ0) is 41.4. The second kappa shape index (κ2) is 37.4. The molecule has 310 valence electrons. The van der Waals surface area contributed by atoms with Crippen LogP contribution in [-0.2, 0) is 28.6 Å². The Bertz CT molecular complexity index is 1370. The zero-order valence-electron chi connectivity index (χ0n) is 35.0. The fourth-order valence-electron chi connectivity index (χ4n) is 4.96. The van der Waals surface area contributed by atoms with Crippen LogP contribution in [0, 0.1) is 0 Å². The van der Waals surface area contributed by atoms with Crippen molar-refractivity contribution in [1.29, 1.82) is 0 Å². The molecule has 0 aromatic carbocycles. The van der Waals surface area contributed by atoms with E-state index in [0.29, 0.717) is 19.3 Å². The molecule has 0 aromatic heterocycles. The first kappa shape index (κ1) is 51.5. The summed E-state index contributed by atoms with van der Waals surface area (Å²) in [4.78, 5) is 36.9. The topological polar surface area (TPSA) is 99.1 Å². The number of carboxylic acids is 1. The summed E-state index contributed by atoms with van der Waals surface area (Å²) in [5, 5.41) is 9.60. The lowest BCUT2D eigenvalue weighted by atomic mass is 10.1. The Morgan fingerprint density at radius 2 is 0.946 bits per heavy atom. The number of hydrogen-bond acceptors (Lipinski definition) is 6. The second-order valence-corrected chi connectivity index (χ2v) is 14.1. The largest absolute Gasteiger partial charge is 0.477 e. The highest BCUT2D eigenvalue weighted by Crippen LogP contribution is 2.11. The SMILES string of the molecule is CC/C=C/C=C/C=C/C=C/C=C/C=C/C=C/CCCCCC(=O)OC(COCCC(C(=O)O)[N+](C)(C)C)COC(=O)CCCCC/C=C/C=C/C=C/C=C/CC. The fraction of sp³-hybridized carbons (Fsp3) is 0.479. The van der Waals surface area contributed by atoms with Gasteiger partial charge in [-0.3, -0.25) is 9.59 Å². The third kappa shape index (κ3) is 35.2. The van der Waals surface area contributed by atoms with Crippen molar-refractivity contribution in [3.05, 3.63) is 134 Å². The maximum absolute atomic E-state index is 12.7. The van der Waals surface area contributed by atoms with Crippen LogP contribution in [0.15, 0.2) is 134 Å². The van der Waals surface area contributed by atoms with Gasteiger partial charge in [0.05, 0.1) is 34.4 Å². The highest BCUT2D eigenvalue weighted by molar-refractivity contribution is 5.72. The highest BCUT2D eigenvalue weighted by atomic mass is 16.6. The van der Waals surface area contributed by atoms with E-state index >= 15 is 0 Å². The summed E-state index contributed by atoms with van der Waals surface area (Å²) in [6.45, 7) is 4.30. The van der Waals surface area contributed by atoms with Crippen LogP contribution in [0.25, 0.3) is 0 Å². The number of nitrogens with zero attached hydrogens (tertiary/aromatic N) is 1. The van der Waals surface area contributed by atoms with Crippen LogP contribution in [-0.4, -0.2) is 80.6 Å². The summed E-state index contributed by atoms with van der Waals surface area (Å²) < 4.78 is 17.1. The van der Waals surface area contributed by atoms with Gasteiger partial charge >= 0.3 is 17.9 Å². The smallest absolute Gasteiger partial charge is 0.362 e. The first-order valence-corrected chi connectivity index (χ1v) is 20.4. The molecule has 8 nitrogen and oxygen atoms in total. The minimum Gasteiger partial charge on any atom is -0.477 e. The molecule has 0 aromatic rings. The van der Waals surface area contributed by atoms with Gasteiger partial charge in [0.2, 0.25) is 0 Å². The Balaban J connectivity index is 4.61. The van der Waals surface area contributed by atoms with Crippen LogP contribution in [0.3, 0.4) is 0 Å². The van der Waals surface area contributed by atoms with Crippen molar-refractivity contribution >= 4 is 17.9 Å². The van der Waals surface area contributed by atoms with E-state index in [4.69, 9.17) is 14.2 Å². The maximum Gasteiger partial charge on any atom is 0.362 e. The molecule has 0 aliphatic heterocycles. The number of carbonyl (C=O) groups excluding carboxylic acids is 2. The Hall–Kier alpha value is -4.53. The monoisotopic (exact) mass is 775 g/mol. The summed E-state index contributed by atoms with van der Waals surface area (Å²) in [5.74, 6) is -1.61. The van der Waals surface area contributed by atoms with Crippen LogP contribution >= 0.6 is 0 Å². The molecule has 0 heterocycles. The van der Waals surface area contributed by atoms with E-state index in [9.17, 15) is 19.5 Å². The van der Waals surface area contributed by atoms with Crippen molar-refractivity contribution in [3.63, 3.8) is 0 Å². The second-order valence-electron chi connectivity index (χ2n) is 14.1. The summed E-state index contributed by atoms with van der Waals surface area (Å²) in [7, 11) is 5.47. The summed E-state index contributed by atoms with van der Waals surface area (Å²) in [6, 6.07) is -0.639. The lowest BCUT2D eigenvalue weighted by Crippen LogP contribution is -2.50. The number of ether oxygens (including phenoxy) is 3. The molecule has 0 saturated carbocycles. The zero-order valence-corrected chi connectivity index (χ0v) is 35.0. The normalized spacial score (nSPS) is 14.4. The molecule has 2 unspecified atom stereocenters. The van der Waals surface area contributed by atoms with Crippen molar-refractivity contribution in [3.8, 4) is 0 Å². The lowest BCUT2D eigenvalue weighted by molar-refractivity contribution is -0.887. The molecule has 0 aliphatic carbocycles. The molecule has 0 amide bonds. The minimum absolute atomic E-state index is 0.0180. The predicted molar refractivity (Wildman–Crippen MR) is 233 cm³/mol. The molecule has 0 bridgehead atoms. The van der Waals surface area contributed by atoms with Crippen LogP contribution in [0.1, 0.15) is 97.3 Å². The molecule has 0 spiro atoms. The van der Waals surface area contributed by atoms with Gasteiger partial charge in [0.25, 0.3) is 0 Å². The van der Waals surface area contributed by atoms with Gasteiger partial charge in [-0.2, -0.15) is 0 Å². The van der Waals surface area contributed by atoms with Gasteiger partial charge in [-0.1, -0.05) is 160 Å². The highest BCUT2D eigenvalue weighted by Gasteiger charge is 2.31. The van der Waals surface area contributed by atoms with Gasteiger partial charge in [-0.15, -0.1) is 0 Å². The van der Waals surface area contributed by atoms with E-state index in [-0.39, 0.29) is 49.1 Å². The number of carbonyl (C=O) groups is 3. The van der Waals surface area contributed by atoms with Gasteiger partial charge in [0, 0.05) is 19.3 Å². The molecule has 0 aliphatic rings. The number of hydrogen-bond donors (Lipinski definition) is 1. The standard InChI is InChI=1S/C48H71NO7/c1-6-8-10-12-14-16-18-20-21-22-23-24-25-27-29-31-33-35-37-39-47(51)56-44(42-54-41-40-45(48(52)53)49(3,4)5)43-55-46(50)38-36-34-32-30-28-26-19-17-15-13-11-9-7-2/h8-29,44-45H,6-7,30-43H2,1-5H3/p+1/b10-8+,11-9+,14-12+,15-13+,18-16+,19-17+,21-20+,23-22+,25-24+,28-26+,29-27+. The van der Waals surface area contributed by atoms with E-state index in [0.717, 1.165) is 51.4 Å². The van der Waals surface area contributed by atoms with Crippen molar-refractivity contribution in [2.24, 2.45) is 0 Å². The van der Waals surface area contributed by atoms with Gasteiger partial charge < -0.3 is 23.8 Å². The average Bonchev–Trinajstić information content (AvgIpc) is 3.15. The number of likely N-dealkylation sites (N-methyl/N-ethyl adjacent to an activating group) is 1. The van der Waals surface area contributed by atoms with E-state index in [1.54, 1.807) is 0 Å². The molecule has 2 atom stereocenters. The molecule has 56 heavy (non-hydrogen) atoms. The van der Waals surface area contributed by atoms with Crippen LogP contribution in [0.2, 0.25) is 0 Å². The summed E-state index contributed by atoms with van der Waals surface area (Å²) >= 11 is 0. The van der Waals surface area contributed by atoms with E-state index in [2.05, 4.69) is 38.2 Å². The number of carboxylic acid groups (broad SMARTS) is 1. The van der Waals surface area contributed by atoms with Gasteiger partial charge in [0.15, 0.2) is 12.1 Å². The Morgan fingerprint density at radius 1 is 0.536 bits per heavy atom. The quantitative estimate of drug-likeness (QED) is 0.0307. The number of allylic oxidation sites excluding steroid dienone is 22. The number of quaternary nitrogens is 1. The fourth-order valence-corrected chi connectivity index (χ4v) is 4.96. The third-order valence-electron chi connectivity index (χ3n) is 8.08. The Kier molecular flexibility index (Phi) is 34.4. The van der Waals surface area contributed by atoms with Gasteiger partial charge in [0.1, 0.15) is 6.61 Å². The van der Waals surface area contributed by atoms with Crippen LogP contribution in [0.4, 0.5) is 0 Å². The third-order valence-corrected chi connectivity index (χ3v) is 8.08. The van der Waals surface area contributed by atoms with Crippen molar-refractivity contribution in [1.82, 2.24) is 0 Å². The average molecular weight is 775 g/mol. The maximum atomic E-state index is 12.7. The molecule has 8 heteroatoms. The minimum atomic E-state index is -0.898. The van der Waals surface area contributed by atoms with Crippen molar-refractivity contribution in [2.45, 2.75) is 109 Å². The number of rotatable bonds is 33. The molecule has 0 fully saturated rings. The number of unbranched alkanes of at least 4 members (excludes halogenated alkanes) is 6. The molecule has 0 saturated heterocycles. The summed E-state index contributed by atoms with van der Waals surface area (Å²) in [5.41, 5.74) is 0. The Morgan fingerprint density at radius 3 is 1.36 bits per heavy atom. The predicted octanol–water partition coefficient (Wildman–Crippen LogP) is 10.8. The molecular weight excluding hydrogens is 703 g/mol. The van der Waals surface area contributed by atoms with Crippen molar-refractivity contribution in [2.75, 3.05) is 41.0 Å². The van der Waals surface area contributed by atoms with Crippen LogP contribution < -0.4 is 0 Å². The van der Waals surface area contributed by atoms with E-state index in [1.807, 2.05) is 131 Å². The lowest BCUT2D eigenvalue weighted by Gasteiger charge is -2.31. The molecule has 0 rings (SSSR count). The molecular formula is C48H72NO7+. The first-order chi connectivity index (χ1) is 27.1. The van der Waals surface area contributed by atoms with Crippen LogP contribution in [0.5, 0.6) is 0 Å². The number of esters is 2. The van der Waals surface area contributed by atoms with E-state index < -0.39 is 18.1 Å². The van der Waals surface area contributed by atoms with Crippen molar-refractivity contribution < 1.29 is 38.2 Å².